The van der Waals surface area contributed by atoms with Gasteiger partial charge in [-0.15, -0.1) is 22.7 Å². The Kier molecular flexibility index (Phi) is 7.26. The molecule has 0 atom stereocenters. The summed E-state index contributed by atoms with van der Waals surface area (Å²) >= 11 is 3.06. The van der Waals surface area contributed by atoms with E-state index in [1.807, 2.05) is 24.3 Å². The van der Waals surface area contributed by atoms with Crippen LogP contribution in [0.2, 0.25) is 0 Å². The fraction of sp³-hybridized carbons (Fsp3) is 0.267. The van der Waals surface area contributed by atoms with Crippen molar-refractivity contribution in [2.45, 2.75) is 52.0 Å². The predicted octanol–water partition coefficient (Wildman–Crippen LogP) is 9.24. The van der Waals surface area contributed by atoms with Crippen LogP contribution in [0.1, 0.15) is 64.8 Å². The summed E-state index contributed by atoms with van der Waals surface area (Å²) < 4.78 is 2.47. The van der Waals surface area contributed by atoms with Crippen molar-refractivity contribution in [3.8, 4) is 20.9 Å². The lowest BCUT2D eigenvalue weighted by molar-refractivity contribution is 0.111. The summed E-state index contributed by atoms with van der Waals surface area (Å²) in [6.45, 7) is 3.26. The van der Waals surface area contributed by atoms with E-state index in [-0.39, 0.29) is 0 Å². The topological polar surface area (TPSA) is 39.1 Å². The number of hydrogen-bond acceptors (Lipinski definition) is 4. The summed E-state index contributed by atoms with van der Waals surface area (Å²) in [4.78, 5) is 26.1. The van der Waals surface area contributed by atoms with Gasteiger partial charge in [-0.1, -0.05) is 51.2 Å². The first-order valence-electron chi connectivity index (χ1n) is 12.4. The third-order valence-electron chi connectivity index (χ3n) is 6.66. The summed E-state index contributed by atoms with van der Waals surface area (Å²) in [5, 5.41) is 2.47. The standard InChI is InChI=1S/C30H29NO2S2/c1-2-3-4-5-6-7-16-31-27-12-8-21(29-14-10-23(19-32)34-29)17-25(27)26-18-22(9-13-28(26)31)30-15-11-24(20-33)35-30/h8-15,17-20H,2-7,16H2,1H3. The van der Waals surface area contributed by atoms with Gasteiger partial charge in [0, 0.05) is 38.1 Å². The molecule has 0 spiro atoms. The molecule has 5 aromatic rings. The first kappa shape index (κ1) is 23.7. The smallest absolute Gasteiger partial charge is 0.160 e. The largest absolute Gasteiger partial charge is 0.340 e. The number of fused-ring (bicyclic) bond motifs is 3. The first-order valence-corrected chi connectivity index (χ1v) is 14.0. The van der Waals surface area contributed by atoms with Crippen LogP contribution in [-0.4, -0.2) is 17.1 Å². The zero-order valence-electron chi connectivity index (χ0n) is 20.0. The van der Waals surface area contributed by atoms with Crippen molar-refractivity contribution in [3.63, 3.8) is 0 Å². The number of aldehydes is 2. The van der Waals surface area contributed by atoms with Gasteiger partial charge < -0.3 is 4.57 Å². The van der Waals surface area contributed by atoms with Gasteiger partial charge in [0.25, 0.3) is 0 Å². The summed E-state index contributed by atoms with van der Waals surface area (Å²) in [5.41, 5.74) is 4.78. The maximum atomic E-state index is 11.2. The van der Waals surface area contributed by atoms with Gasteiger partial charge in [0.1, 0.15) is 0 Å². The average Bonchev–Trinajstić information content (AvgIpc) is 3.63. The fourth-order valence-electron chi connectivity index (χ4n) is 4.84. The molecule has 0 unspecified atom stereocenters. The highest BCUT2D eigenvalue weighted by Gasteiger charge is 2.14. The minimum absolute atomic E-state index is 0.747. The Bertz CT molecular complexity index is 1380. The van der Waals surface area contributed by atoms with E-state index in [1.165, 1.54) is 83.0 Å². The third kappa shape index (κ3) is 4.89. The molecular formula is C30H29NO2S2. The van der Waals surface area contributed by atoms with E-state index in [0.29, 0.717) is 0 Å². The molecule has 0 bridgehead atoms. The van der Waals surface area contributed by atoms with E-state index in [4.69, 9.17) is 0 Å². The molecule has 0 N–H and O–H groups in total. The maximum Gasteiger partial charge on any atom is 0.160 e. The van der Waals surface area contributed by atoms with Gasteiger partial charge in [0.2, 0.25) is 0 Å². The van der Waals surface area contributed by atoms with Gasteiger partial charge >= 0.3 is 0 Å². The molecule has 5 heteroatoms. The fourth-order valence-corrected chi connectivity index (χ4v) is 6.48. The second-order valence-electron chi connectivity index (χ2n) is 9.02. The monoisotopic (exact) mass is 499 g/mol. The summed E-state index contributed by atoms with van der Waals surface area (Å²) in [6.07, 6.45) is 9.48. The van der Waals surface area contributed by atoms with Crippen LogP contribution < -0.4 is 0 Å². The molecule has 2 aromatic carbocycles. The Morgan fingerprint density at radius 1 is 0.657 bits per heavy atom. The molecule has 178 valence electrons. The van der Waals surface area contributed by atoms with Crippen LogP contribution in [0, 0.1) is 0 Å². The maximum absolute atomic E-state index is 11.2. The van der Waals surface area contributed by atoms with Crippen molar-refractivity contribution < 1.29 is 9.59 Å². The minimum Gasteiger partial charge on any atom is -0.340 e. The van der Waals surface area contributed by atoms with Gasteiger partial charge in [0.05, 0.1) is 9.75 Å². The third-order valence-corrected chi connectivity index (χ3v) is 8.77. The lowest BCUT2D eigenvalue weighted by atomic mass is 10.1. The SMILES string of the molecule is CCCCCCCCn1c2ccc(-c3ccc(C=O)s3)cc2c2cc(-c3ccc(C=O)s3)ccc21. The first-order chi connectivity index (χ1) is 17.2. The van der Waals surface area contributed by atoms with Gasteiger partial charge in [0.15, 0.2) is 12.6 Å². The molecule has 0 aliphatic heterocycles. The normalized spacial score (nSPS) is 11.5. The number of thiophene rings is 2. The van der Waals surface area contributed by atoms with Crippen molar-refractivity contribution in [1.82, 2.24) is 4.57 Å². The molecule has 0 fully saturated rings. The quantitative estimate of drug-likeness (QED) is 0.134. The highest BCUT2D eigenvalue weighted by molar-refractivity contribution is 7.17. The molecule has 3 nitrogen and oxygen atoms in total. The van der Waals surface area contributed by atoms with Crippen molar-refractivity contribution in [2.75, 3.05) is 0 Å². The van der Waals surface area contributed by atoms with Gasteiger partial charge in [-0.2, -0.15) is 0 Å². The van der Waals surface area contributed by atoms with E-state index in [0.717, 1.165) is 49.8 Å². The zero-order valence-corrected chi connectivity index (χ0v) is 21.6. The molecule has 0 saturated heterocycles. The zero-order chi connectivity index (χ0) is 24.2. The van der Waals surface area contributed by atoms with Crippen molar-refractivity contribution in [2.24, 2.45) is 0 Å². The van der Waals surface area contributed by atoms with Crippen LogP contribution in [0.25, 0.3) is 42.7 Å². The minimum atomic E-state index is 0.747. The number of aryl methyl sites for hydroxylation is 1. The van der Waals surface area contributed by atoms with Crippen LogP contribution in [-0.2, 0) is 6.54 Å². The van der Waals surface area contributed by atoms with Crippen molar-refractivity contribution >= 4 is 57.1 Å². The molecule has 5 rings (SSSR count). The molecule has 3 aromatic heterocycles. The van der Waals surface area contributed by atoms with Gasteiger partial charge in [-0.05, 0) is 66.1 Å². The summed E-state index contributed by atoms with van der Waals surface area (Å²) in [6, 6.07) is 21.2. The van der Waals surface area contributed by atoms with E-state index >= 15 is 0 Å². The Labute approximate surface area is 214 Å². The van der Waals surface area contributed by atoms with Crippen LogP contribution >= 0.6 is 22.7 Å². The number of unbranched alkanes of at least 4 members (excludes halogenated alkanes) is 5. The molecule has 0 aliphatic carbocycles. The summed E-state index contributed by atoms with van der Waals surface area (Å²) in [5.74, 6) is 0. The second-order valence-corrected chi connectivity index (χ2v) is 11.3. The molecule has 35 heavy (non-hydrogen) atoms. The van der Waals surface area contributed by atoms with Crippen LogP contribution in [0.4, 0.5) is 0 Å². The van der Waals surface area contributed by atoms with Crippen molar-refractivity contribution in [3.05, 3.63) is 70.4 Å². The molecule has 0 aliphatic rings. The van der Waals surface area contributed by atoms with E-state index in [2.05, 4.69) is 47.9 Å². The number of hydrogen-bond donors (Lipinski definition) is 0. The number of carbonyl (C=O) groups excluding carboxylic acids is 2. The van der Waals surface area contributed by atoms with Crippen molar-refractivity contribution in [1.29, 1.82) is 0 Å². The molecule has 0 radical (unpaired) electrons. The van der Waals surface area contributed by atoms with Crippen LogP contribution in [0.3, 0.4) is 0 Å². The number of nitrogens with zero attached hydrogens (tertiary/aromatic N) is 1. The number of benzene rings is 2. The van der Waals surface area contributed by atoms with Crippen LogP contribution in [0.15, 0.2) is 60.7 Å². The van der Waals surface area contributed by atoms with E-state index in [1.54, 1.807) is 0 Å². The lowest BCUT2D eigenvalue weighted by Crippen LogP contribution is -1.97. The number of rotatable bonds is 11. The second kappa shape index (κ2) is 10.7. The van der Waals surface area contributed by atoms with Gasteiger partial charge in [-0.25, -0.2) is 0 Å². The Morgan fingerprint density at radius 2 is 1.17 bits per heavy atom. The van der Waals surface area contributed by atoms with E-state index in [9.17, 15) is 9.59 Å². The highest BCUT2D eigenvalue weighted by atomic mass is 32.1. The number of carbonyl (C=O) groups is 2. The Balaban J connectivity index is 1.57. The Hall–Kier alpha value is -3.02. The lowest BCUT2D eigenvalue weighted by Gasteiger charge is -2.08. The highest BCUT2D eigenvalue weighted by Crippen LogP contribution is 2.38. The van der Waals surface area contributed by atoms with Gasteiger partial charge in [-0.3, -0.25) is 9.59 Å². The molecular weight excluding hydrogens is 470 g/mol. The summed E-state index contributed by atoms with van der Waals surface area (Å²) in [7, 11) is 0. The molecule has 3 heterocycles. The average molecular weight is 500 g/mol. The van der Waals surface area contributed by atoms with Crippen LogP contribution in [0.5, 0.6) is 0 Å². The molecule has 0 saturated carbocycles. The Morgan fingerprint density at radius 3 is 1.66 bits per heavy atom. The van der Waals surface area contributed by atoms with E-state index < -0.39 is 0 Å². The molecule has 0 amide bonds. The number of aromatic nitrogens is 1. The predicted molar refractivity (Wildman–Crippen MR) is 150 cm³/mol.